The van der Waals surface area contributed by atoms with Gasteiger partial charge in [-0.3, -0.25) is 4.79 Å². The number of benzene rings is 1. The molecule has 4 heteroatoms. The van der Waals surface area contributed by atoms with E-state index in [2.05, 4.69) is 9.97 Å². The minimum Gasteiger partial charge on any atom is -0.292 e. The highest BCUT2D eigenvalue weighted by atomic mass is 32.1. The molecule has 0 atom stereocenters. The fourth-order valence-electron chi connectivity index (χ4n) is 1.93. The molecule has 0 radical (unpaired) electrons. The van der Waals surface area contributed by atoms with Crippen molar-refractivity contribution in [1.29, 1.82) is 0 Å². The van der Waals surface area contributed by atoms with Crippen molar-refractivity contribution in [2.24, 2.45) is 0 Å². The van der Waals surface area contributed by atoms with E-state index >= 15 is 0 Å². The van der Waals surface area contributed by atoms with Crippen molar-refractivity contribution in [3.8, 4) is 0 Å². The van der Waals surface area contributed by atoms with Gasteiger partial charge >= 0.3 is 0 Å². The number of aromatic nitrogens is 2. The molecule has 0 amide bonds. The van der Waals surface area contributed by atoms with Gasteiger partial charge in [-0.15, -0.1) is 11.3 Å². The van der Waals surface area contributed by atoms with Crippen LogP contribution in [0, 0.1) is 6.92 Å². The number of hydrogen-bond acceptors (Lipinski definition) is 4. The molecule has 2 heterocycles. The first kappa shape index (κ1) is 12.0. The first-order valence-electron chi connectivity index (χ1n) is 6.02. The maximum Gasteiger partial charge on any atom is 0.187 e. The number of carbonyl (C=O) groups excluding carboxylic acids is 1. The molecule has 0 saturated heterocycles. The predicted octanol–water partition coefficient (Wildman–Crippen LogP) is 3.43. The van der Waals surface area contributed by atoms with E-state index in [0.717, 1.165) is 21.6 Å². The summed E-state index contributed by atoms with van der Waals surface area (Å²) in [4.78, 5) is 20.9. The van der Waals surface area contributed by atoms with Crippen LogP contribution in [0.4, 0.5) is 0 Å². The predicted molar refractivity (Wildman–Crippen MR) is 76.6 cm³/mol. The van der Waals surface area contributed by atoms with Crippen LogP contribution in [0.1, 0.15) is 21.2 Å². The highest BCUT2D eigenvalue weighted by Crippen LogP contribution is 2.15. The van der Waals surface area contributed by atoms with Gasteiger partial charge in [0.15, 0.2) is 5.78 Å². The molecule has 0 unspecified atom stereocenters. The minimum atomic E-state index is 0.0140. The molecule has 0 aliphatic rings. The van der Waals surface area contributed by atoms with Crippen molar-refractivity contribution >= 4 is 28.0 Å². The summed E-state index contributed by atoms with van der Waals surface area (Å²) in [6.45, 7) is 1.93. The monoisotopic (exact) mass is 268 g/mol. The van der Waals surface area contributed by atoms with E-state index in [1.807, 2.05) is 42.6 Å². The van der Waals surface area contributed by atoms with Gasteiger partial charge in [0.2, 0.25) is 0 Å². The third kappa shape index (κ3) is 2.53. The lowest BCUT2D eigenvalue weighted by Crippen LogP contribution is -2.05. The smallest absolute Gasteiger partial charge is 0.187 e. The Morgan fingerprint density at radius 1 is 1.16 bits per heavy atom. The summed E-state index contributed by atoms with van der Waals surface area (Å²) in [6.07, 6.45) is 0.323. The zero-order valence-corrected chi connectivity index (χ0v) is 11.3. The van der Waals surface area contributed by atoms with Crippen molar-refractivity contribution in [3.63, 3.8) is 0 Å². The van der Waals surface area contributed by atoms with Gasteiger partial charge in [-0.25, -0.2) is 9.97 Å². The zero-order valence-electron chi connectivity index (χ0n) is 10.5. The van der Waals surface area contributed by atoms with Crippen LogP contribution >= 0.6 is 11.3 Å². The Hall–Kier alpha value is -2.07. The van der Waals surface area contributed by atoms with E-state index in [1.54, 1.807) is 6.07 Å². The number of aryl methyl sites for hydroxylation is 1. The van der Waals surface area contributed by atoms with Crippen LogP contribution in [0.25, 0.3) is 10.9 Å². The Morgan fingerprint density at radius 2 is 2.00 bits per heavy atom. The molecular weight excluding hydrogens is 256 g/mol. The third-order valence-corrected chi connectivity index (χ3v) is 3.83. The number of Topliss-reactive ketones (excluding diaryl/α,β-unsaturated/α-hetero) is 1. The van der Waals surface area contributed by atoms with Crippen LogP contribution in [0.3, 0.4) is 0 Å². The number of thiazole rings is 1. The second-order valence-electron chi connectivity index (χ2n) is 4.37. The number of carbonyl (C=O) groups is 1. The summed E-state index contributed by atoms with van der Waals surface area (Å²) in [7, 11) is 0. The van der Waals surface area contributed by atoms with Crippen molar-refractivity contribution in [2.45, 2.75) is 13.3 Å². The van der Waals surface area contributed by atoms with Crippen LogP contribution in [-0.4, -0.2) is 15.8 Å². The SMILES string of the molecule is Cc1csc(CC(=O)c2ccc3ccccc3n2)n1. The van der Waals surface area contributed by atoms with Crippen LogP contribution in [-0.2, 0) is 6.42 Å². The topological polar surface area (TPSA) is 42.9 Å². The molecule has 3 aromatic rings. The number of hydrogen-bond donors (Lipinski definition) is 0. The van der Waals surface area contributed by atoms with E-state index in [-0.39, 0.29) is 5.78 Å². The van der Waals surface area contributed by atoms with Crippen LogP contribution in [0.2, 0.25) is 0 Å². The summed E-state index contributed by atoms with van der Waals surface area (Å²) in [6, 6.07) is 11.5. The lowest BCUT2D eigenvalue weighted by atomic mass is 10.1. The van der Waals surface area contributed by atoms with E-state index < -0.39 is 0 Å². The Morgan fingerprint density at radius 3 is 2.79 bits per heavy atom. The first-order valence-corrected chi connectivity index (χ1v) is 6.90. The van der Waals surface area contributed by atoms with Gasteiger partial charge in [0, 0.05) is 16.5 Å². The normalized spacial score (nSPS) is 10.8. The van der Waals surface area contributed by atoms with Crippen LogP contribution in [0.5, 0.6) is 0 Å². The van der Waals surface area contributed by atoms with Crippen molar-refractivity contribution < 1.29 is 4.79 Å². The Bertz CT molecular complexity index is 748. The number of pyridine rings is 1. The molecule has 94 valence electrons. The van der Waals surface area contributed by atoms with Gasteiger partial charge < -0.3 is 0 Å². The standard InChI is InChI=1S/C15H12N2OS/c1-10-9-19-15(16-10)8-14(18)13-7-6-11-4-2-3-5-12(11)17-13/h2-7,9H,8H2,1H3. The van der Waals surface area contributed by atoms with Gasteiger partial charge in [-0.2, -0.15) is 0 Å². The summed E-state index contributed by atoms with van der Waals surface area (Å²) in [5.41, 5.74) is 2.31. The van der Waals surface area contributed by atoms with Crippen LogP contribution in [0.15, 0.2) is 41.8 Å². The number of rotatable bonds is 3. The van der Waals surface area contributed by atoms with Crippen molar-refractivity contribution in [3.05, 3.63) is 58.2 Å². The Balaban J connectivity index is 1.89. The average molecular weight is 268 g/mol. The molecule has 1 aromatic carbocycles. The van der Waals surface area contributed by atoms with E-state index in [9.17, 15) is 4.79 Å². The maximum absolute atomic E-state index is 12.2. The van der Waals surface area contributed by atoms with E-state index in [4.69, 9.17) is 0 Å². The second-order valence-corrected chi connectivity index (χ2v) is 5.31. The molecule has 0 aliphatic carbocycles. The zero-order chi connectivity index (χ0) is 13.2. The Labute approximate surface area is 115 Å². The molecule has 0 aliphatic heterocycles. The molecule has 0 fully saturated rings. The molecular formula is C15H12N2OS. The lowest BCUT2D eigenvalue weighted by molar-refractivity contribution is 0.0988. The fraction of sp³-hybridized carbons (Fsp3) is 0.133. The number of ketones is 1. The molecule has 0 spiro atoms. The molecule has 3 nitrogen and oxygen atoms in total. The van der Waals surface area contributed by atoms with Gasteiger partial charge in [0.1, 0.15) is 10.7 Å². The van der Waals surface area contributed by atoms with Gasteiger partial charge in [0.25, 0.3) is 0 Å². The first-order chi connectivity index (χ1) is 9.22. The average Bonchev–Trinajstić information content (AvgIpc) is 2.83. The molecule has 0 N–H and O–H groups in total. The summed E-state index contributed by atoms with van der Waals surface area (Å²) < 4.78 is 0. The largest absolute Gasteiger partial charge is 0.292 e. The van der Waals surface area contributed by atoms with Crippen molar-refractivity contribution in [2.75, 3.05) is 0 Å². The van der Waals surface area contributed by atoms with Crippen molar-refractivity contribution in [1.82, 2.24) is 9.97 Å². The number of fused-ring (bicyclic) bond motifs is 1. The van der Waals surface area contributed by atoms with Crippen LogP contribution < -0.4 is 0 Å². The minimum absolute atomic E-state index is 0.0140. The summed E-state index contributed by atoms with van der Waals surface area (Å²) in [5.74, 6) is 0.0140. The fourth-order valence-corrected chi connectivity index (χ4v) is 2.70. The molecule has 0 bridgehead atoms. The van der Waals surface area contributed by atoms with E-state index in [1.165, 1.54) is 11.3 Å². The summed E-state index contributed by atoms with van der Waals surface area (Å²) in [5, 5.41) is 3.85. The highest BCUT2D eigenvalue weighted by Gasteiger charge is 2.11. The van der Waals surface area contributed by atoms with E-state index in [0.29, 0.717) is 12.1 Å². The van der Waals surface area contributed by atoms with Gasteiger partial charge in [-0.1, -0.05) is 24.3 Å². The lowest BCUT2D eigenvalue weighted by Gasteiger charge is -2.01. The molecule has 19 heavy (non-hydrogen) atoms. The quantitative estimate of drug-likeness (QED) is 0.683. The number of para-hydroxylation sites is 1. The summed E-state index contributed by atoms with van der Waals surface area (Å²) >= 11 is 1.52. The second kappa shape index (κ2) is 4.90. The molecule has 2 aromatic heterocycles. The van der Waals surface area contributed by atoms with Gasteiger partial charge in [-0.05, 0) is 19.1 Å². The maximum atomic E-state index is 12.2. The Kier molecular flexibility index (Phi) is 3.09. The highest BCUT2D eigenvalue weighted by molar-refractivity contribution is 7.09. The van der Waals surface area contributed by atoms with Gasteiger partial charge in [0.05, 0.1) is 11.9 Å². The molecule has 3 rings (SSSR count). The number of nitrogens with zero attached hydrogens (tertiary/aromatic N) is 2. The third-order valence-electron chi connectivity index (χ3n) is 2.86. The molecule has 0 saturated carbocycles.